The van der Waals surface area contributed by atoms with Crippen LogP contribution in [-0.2, 0) is 16.6 Å². The molecule has 1 nitrogen and oxygen atoms in total. The van der Waals surface area contributed by atoms with Crippen LogP contribution in [0.3, 0.4) is 0 Å². The van der Waals surface area contributed by atoms with E-state index >= 15 is 0 Å². The summed E-state index contributed by atoms with van der Waals surface area (Å²) in [5.74, 6) is 1.81. The van der Waals surface area contributed by atoms with Crippen molar-refractivity contribution >= 4 is 45.6 Å². The zero-order chi connectivity index (χ0) is 12.0. The smallest absolute Gasteiger partial charge is 0.0486 e. The van der Waals surface area contributed by atoms with Gasteiger partial charge in [-0.2, -0.15) is 0 Å². The van der Waals surface area contributed by atoms with E-state index in [1.807, 2.05) is 0 Å². The van der Waals surface area contributed by atoms with Crippen LogP contribution in [0.15, 0.2) is 18.2 Å². The van der Waals surface area contributed by atoms with E-state index in [1.165, 1.54) is 0 Å². The van der Waals surface area contributed by atoms with Gasteiger partial charge in [-0.15, -0.1) is 11.6 Å². The Morgan fingerprint density at radius 3 is 2.25 bits per heavy atom. The van der Waals surface area contributed by atoms with Crippen molar-refractivity contribution in [3.63, 3.8) is 0 Å². The van der Waals surface area contributed by atoms with E-state index in [0.29, 0.717) is 27.4 Å². The Labute approximate surface area is 114 Å². The molecule has 1 unspecified atom stereocenters. The predicted octanol–water partition coefficient (Wildman–Crippen LogP) is 4.26. The van der Waals surface area contributed by atoms with E-state index in [9.17, 15) is 4.21 Å². The highest BCUT2D eigenvalue weighted by Crippen LogP contribution is 2.20. The minimum absolute atomic E-state index is 0.503. The molecule has 5 heteroatoms. The average Bonchev–Trinajstić information content (AvgIpc) is 2.16. The Kier molecular flexibility index (Phi) is 6.74. The fourth-order valence-corrected chi connectivity index (χ4v) is 3.28. The first kappa shape index (κ1) is 14.3. The van der Waals surface area contributed by atoms with Gasteiger partial charge in [-0.1, -0.05) is 23.2 Å². The monoisotopic (exact) mass is 298 g/mol. The van der Waals surface area contributed by atoms with E-state index in [2.05, 4.69) is 0 Å². The maximum atomic E-state index is 11.7. The van der Waals surface area contributed by atoms with Gasteiger partial charge in [0.1, 0.15) is 0 Å². The van der Waals surface area contributed by atoms with Gasteiger partial charge in [0.25, 0.3) is 0 Å². The third-order valence-corrected chi connectivity index (χ3v) is 4.11. The first-order chi connectivity index (χ1) is 7.61. The Morgan fingerprint density at radius 1 is 1.06 bits per heavy atom. The fraction of sp³-hybridized carbons (Fsp3) is 0.455. The van der Waals surface area contributed by atoms with Crippen molar-refractivity contribution in [1.29, 1.82) is 0 Å². The highest BCUT2D eigenvalue weighted by atomic mass is 35.5. The molecular weight excluding hydrogens is 287 g/mol. The summed E-state index contributed by atoms with van der Waals surface area (Å²) in [6, 6.07) is 5.27. The van der Waals surface area contributed by atoms with Crippen molar-refractivity contribution in [3.8, 4) is 0 Å². The molecule has 0 saturated carbocycles. The van der Waals surface area contributed by atoms with Crippen LogP contribution in [0.5, 0.6) is 0 Å². The van der Waals surface area contributed by atoms with Crippen molar-refractivity contribution in [3.05, 3.63) is 33.8 Å². The summed E-state index contributed by atoms with van der Waals surface area (Å²) in [5, 5.41) is 1.17. The molecular formula is C11H13Cl3OS. The predicted molar refractivity (Wildman–Crippen MR) is 73.1 cm³/mol. The zero-order valence-electron chi connectivity index (χ0n) is 8.72. The summed E-state index contributed by atoms with van der Waals surface area (Å²) in [4.78, 5) is 0. The van der Waals surface area contributed by atoms with Gasteiger partial charge >= 0.3 is 0 Å². The molecule has 0 aliphatic carbocycles. The first-order valence-electron chi connectivity index (χ1n) is 4.97. The number of alkyl halides is 1. The summed E-state index contributed by atoms with van der Waals surface area (Å²) in [6.45, 7) is 0. The van der Waals surface area contributed by atoms with Gasteiger partial charge in [0.05, 0.1) is 0 Å². The third kappa shape index (κ3) is 5.53. The Bertz CT molecular complexity index is 348. The fourth-order valence-electron chi connectivity index (χ4n) is 1.31. The summed E-state index contributed by atoms with van der Waals surface area (Å²) in [6.07, 6.45) is 1.80. The summed E-state index contributed by atoms with van der Waals surface area (Å²) in [5.41, 5.74) is 0.918. The Morgan fingerprint density at radius 2 is 1.69 bits per heavy atom. The number of rotatable bonds is 6. The van der Waals surface area contributed by atoms with Crippen LogP contribution < -0.4 is 0 Å². The second kappa shape index (κ2) is 7.54. The van der Waals surface area contributed by atoms with Gasteiger partial charge in [-0.05, 0) is 36.6 Å². The van der Waals surface area contributed by atoms with E-state index in [4.69, 9.17) is 34.8 Å². The highest BCUT2D eigenvalue weighted by Gasteiger charge is 2.04. The molecule has 0 N–H and O–H groups in total. The molecule has 0 aromatic heterocycles. The van der Waals surface area contributed by atoms with Crippen molar-refractivity contribution in [2.24, 2.45) is 0 Å². The molecule has 1 aromatic carbocycles. The minimum atomic E-state index is -0.865. The second-order valence-corrected chi connectivity index (χ2v) is 6.29. The molecule has 0 spiro atoms. The van der Waals surface area contributed by atoms with Crippen molar-refractivity contribution in [2.45, 2.75) is 18.6 Å². The topological polar surface area (TPSA) is 17.1 Å². The van der Waals surface area contributed by atoms with E-state index in [-0.39, 0.29) is 0 Å². The maximum Gasteiger partial charge on any atom is 0.0486 e. The lowest BCUT2D eigenvalue weighted by Crippen LogP contribution is -2.01. The number of unbranched alkanes of at least 4 members (excludes halogenated alkanes) is 1. The lowest BCUT2D eigenvalue weighted by atomic mass is 10.2. The second-order valence-electron chi connectivity index (χ2n) is 3.46. The van der Waals surface area contributed by atoms with Crippen molar-refractivity contribution in [2.75, 3.05) is 11.6 Å². The van der Waals surface area contributed by atoms with Crippen LogP contribution in [0, 0.1) is 0 Å². The molecule has 1 rings (SSSR count). The van der Waals surface area contributed by atoms with Crippen molar-refractivity contribution < 1.29 is 4.21 Å². The molecule has 0 radical (unpaired) electrons. The molecule has 0 aliphatic heterocycles. The summed E-state index contributed by atoms with van der Waals surface area (Å²) in [7, 11) is -0.865. The number of hydrogen-bond acceptors (Lipinski definition) is 1. The van der Waals surface area contributed by atoms with E-state index < -0.39 is 10.8 Å². The Hall–Kier alpha value is 0.240. The SMILES string of the molecule is O=S(CCCCCl)Cc1cc(Cl)cc(Cl)c1. The lowest BCUT2D eigenvalue weighted by molar-refractivity contribution is 0.679. The van der Waals surface area contributed by atoms with Crippen LogP contribution in [-0.4, -0.2) is 15.8 Å². The van der Waals surface area contributed by atoms with E-state index in [0.717, 1.165) is 18.4 Å². The average molecular weight is 300 g/mol. The third-order valence-electron chi connectivity index (χ3n) is 2.01. The van der Waals surface area contributed by atoms with E-state index in [1.54, 1.807) is 18.2 Å². The number of hydrogen-bond donors (Lipinski definition) is 0. The highest BCUT2D eigenvalue weighted by molar-refractivity contribution is 7.84. The number of halogens is 3. The zero-order valence-corrected chi connectivity index (χ0v) is 11.8. The molecule has 90 valence electrons. The molecule has 1 aromatic rings. The van der Waals surface area contributed by atoms with Gasteiger partial charge in [0.2, 0.25) is 0 Å². The van der Waals surface area contributed by atoms with Crippen molar-refractivity contribution in [1.82, 2.24) is 0 Å². The molecule has 0 bridgehead atoms. The lowest BCUT2D eigenvalue weighted by Gasteiger charge is -2.03. The normalized spacial score (nSPS) is 12.7. The minimum Gasteiger partial charge on any atom is -0.259 e. The molecule has 16 heavy (non-hydrogen) atoms. The molecule has 0 aliphatic rings. The van der Waals surface area contributed by atoms with Crippen LogP contribution in [0.2, 0.25) is 10.0 Å². The standard InChI is InChI=1S/C11H13Cl3OS/c12-3-1-2-4-16(15)8-9-5-10(13)7-11(14)6-9/h5-7H,1-4,8H2. The molecule has 0 heterocycles. The summed E-state index contributed by atoms with van der Waals surface area (Å²) >= 11 is 17.3. The molecule has 1 atom stereocenters. The van der Waals surface area contributed by atoms with Gasteiger partial charge in [-0.3, -0.25) is 4.21 Å². The quantitative estimate of drug-likeness (QED) is 0.566. The van der Waals surface area contributed by atoms with Gasteiger partial charge in [0, 0.05) is 38.2 Å². The summed E-state index contributed by atoms with van der Waals surface area (Å²) < 4.78 is 11.7. The maximum absolute atomic E-state index is 11.7. The largest absolute Gasteiger partial charge is 0.259 e. The van der Waals surface area contributed by atoms with Gasteiger partial charge < -0.3 is 0 Å². The van der Waals surface area contributed by atoms with Crippen LogP contribution >= 0.6 is 34.8 Å². The van der Waals surface area contributed by atoms with Crippen LogP contribution in [0.25, 0.3) is 0 Å². The van der Waals surface area contributed by atoms with Crippen LogP contribution in [0.1, 0.15) is 18.4 Å². The number of benzene rings is 1. The molecule has 0 amide bonds. The Balaban J connectivity index is 2.49. The first-order valence-corrected chi connectivity index (χ1v) is 7.75. The molecule has 0 saturated heterocycles. The van der Waals surface area contributed by atoms with Crippen LogP contribution in [0.4, 0.5) is 0 Å². The molecule has 0 fully saturated rings. The van der Waals surface area contributed by atoms with Gasteiger partial charge in [-0.25, -0.2) is 0 Å². The van der Waals surface area contributed by atoms with Gasteiger partial charge in [0.15, 0.2) is 0 Å².